The lowest BCUT2D eigenvalue weighted by Crippen LogP contribution is -2.39. The zero-order valence-corrected chi connectivity index (χ0v) is 15.1. The van der Waals surface area contributed by atoms with Gasteiger partial charge in [-0.25, -0.2) is 0 Å². The molecule has 1 fully saturated rings. The largest absolute Gasteiger partial charge is 0.462 e. The van der Waals surface area contributed by atoms with E-state index in [1.165, 1.54) is 12.8 Å². The average Bonchev–Trinajstić information content (AvgIpc) is 3.02. The Hall–Kier alpha value is -1.30. The van der Waals surface area contributed by atoms with Crippen molar-refractivity contribution in [3.05, 3.63) is 0 Å². The highest BCUT2D eigenvalue weighted by Gasteiger charge is 2.19. The van der Waals surface area contributed by atoms with E-state index in [4.69, 9.17) is 9.47 Å². The van der Waals surface area contributed by atoms with E-state index in [0.717, 1.165) is 31.8 Å². The Kier molecular flexibility index (Phi) is 8.99. The molecular formula is C17H33N3O3. The summed E-state index contributed by atoms with van der Waals surface area (Å²) in [6.45, 7) is 8.08. The van der Waals surface area contributed by atoms with E-state index < -0.39 is 0 Å². The normalized spacial score (nSPS) is 16.4. The van der Waals surface area contributed by atoms with Crippen molar-refractivity contribution >= 4 is 11.9 Å². The van der Waals surface area contributed by atoms with Crippen LogP contribution in [0.25, 0.3) is 0 Å². The number of hydrogen-bond acceptors (Lipinski definition) is 4. The van der Waals surface area contributed by atoms with Crippen molar-refractivity contribution < 1.29 is 14.3 Å². The fourth-order valence-corrected chi connectivity index (χ4v) is 2.37. The molecule has 1 rings (SSSR count). The van der Waals surface area contributed by atoms with Gasteiger partial charge in [-0.1, -0.05) is 0 Å². The minimum Gasteiger partial charge on any atom is -0.462 e. The Morgan fingerprint density at radius 1 is 1.26 bits per heavy atom. The van der Waals surface area contributed by atoms with E-state index in [1.807, 2.05) is 20.8 Å². The minimum atomic E-state index is -0.284. The molecule has 0 aromatic carbocycles. The SMILES string of the molecule is CCNC(=NCC(C)(C)OC)NCCCC(=O)OC1CCCC1. The van der Waals surface area contributed by atoms with Gasteiger partial charge in [0.15, 0.2) is 5.96 Å². The zero-order valence-electron chi connectivity index (χ0n) is 15.1. The van der Waals surface area contributed by atoms with Gasteiger partial charge in [0.25, 0.3) is 0 Å². The second kappa shape index (κ2) is 10.5. The van der Waals surface area contributed by atoms with Gasteiger partial charge in [-0.2, -0.15) is 0 Å². The number of nitrogens with zero attached hydrogens (tertiary/aromatic N) is 1. The van der Waals surface area contributed by atoms with Crippen LogP contribution in [-0.2, 0) is 14.3 Å². The fourth-order valence-electron chi connectivity index (χ4n) is 2.37. The Balaban J connectivity index is 2.23. The molecule has 0 saturated heterocycles. The highest BCUT2D eigenvalue weighted by molar-refractivity contribution is 5.79. The van der Waals surface area contributed by atoms with Crippen LogP contribution in [0, 0.1) is 0 Å². The zero-order chi connectivity index (χ0) is 17.1. The molecule has 0 spiro atoms. The smallest absolute Gasteiger partial charge is 0.306 e. The van der Waals surface area contributed by atoms with Crippen molar-refractivity contribution in [3.8, 4) is 0 Å². The Morgan fingerprint density at radius 3 is 2.57 bits per heavy atom. The molecular weight excluding hydrogens is 294 g/mol. The summed E-state index contributed by atoms with van der Waals surface area (Å²) < 4.78 is 10.8. The second-order valence-electron chi connectivity index (χ2n) is 6.59. The summed E-state index contributed by atoms with van der Waals surface area (Å²) in [5.74, 6) is 0.669. The lowest BCUT2D eigenvalue weighted by molar-refractivity contribution is -0.148. The molecule has 1 aliphatic carbocycles. The van der Waals surface area contributed by atoms with E-state index in [1.54, 1.807) is 7.11 Å². The highest BCUT2D eigenvalue weighted by atomic mass is 16.5. The summed E-state index contributed by atoms with van der Waals surface area (Å²) in [5.41, 5.74) is -0.284. The van der Waals surface area contributed by atoms with Crippen LogP contribution in [0.3, 0.4) is 0 Å². The van der Waals surface area contributed by atoms with Crippen LogP contribution in [0.5, 0.6) is 0 Å². The van der Waals surface area contributed by atoms with Crippen molar-refractivity contribution in [3.63, 3.8) is 0 Å². The standard InChI is InChI=1S/C17H33N3O3/c1-5-18-16(20-13-17(2,3)22-4)19-12-8-11-15(21)23-14-9-6-7-10-14/h14H,5-13H2,1-4H3,(H2,18,19,20). The molecule has 0 heterocycles. The number of methoxy groups -OCH3 is 1. The van der Waals surface area contributed by atoms with Crippen LogP contribution in [0.15, 0.2) is 4.99 Å². The van der Waals surface area contributed by atoms with Gasteiger partial charge in [-0.3, -0.25) is 9.79 Å². The molecule has 1 saturated carbocycles. The van der Waals surface area contributed by atoms with Gasteiger partial charge in [0.2, 0.25) is 0 Å². The number of esters is 1. The molecule has 0 unspecified atom stereocenters. The lowest BCUT2D eigenvalue weighted by atomic mass is 10.1. The number of guanidine groups is 1. The van der Waals surface area contributed by atoms with Gasteiger partial charge in [0.1, 0.15) is 6.10 Å². The van der Waals surface area contributed by atoms with Crippen LogP contribution < -0.4 is 10.6 Å². The maximum absolute atomic E-state index is 11.8. The molecule has 134 valence electrons. The van der Waals surface area contributed by atoms with E-state index >= 15 is 0 Å². The topological polar surface area (TPSA) is 72.0 Å². The second-order valence-corrected chi connectivity index (χ2v) is 6.59. The summed E-state index contributed by atoms with van der Waals surface area (Å²) in [5, 5.41) is 6.44. The van der Waals surface area contributed by atoms with E-state index in [2.05, 4.69) is 15.6 Å². The Bertz CT molecular complexity index is 377. The van der Waals surface area contributed by atoms with E-state index in [9.17, 15) is 4.79 Å². The predicted molar refractivity (Wildman–Crippen MR) is 92.7 cm³/mol. The molecule has 6 nitrogen and oxygen atoms in total. The van der Waals surface area contributed by atoms with Gasteiger partial charge < -0.3 is 20.1 Å². The predicted octanol–water partition coefficient (Wildman–Crippen LogP) is 2.23. The third-order valence-electron chi connectivity index (χ3n) is 3.97. The summed E-state index contributed by atoms with van der Waals surface area (Å²) >= 11 is 0. The van der Waals surface area contributed by atoms with E-state index in [0.29, 0.717) is 19.5 Å². The first kappa shape index (κ1) is 19.7. The van der Waals surface area contributed by atoms with Crippen molar-refractivity contribution in [2.45, 2.75) is 71.0 Å². The molecule has 6 heteroatoms. The van der Waals surface area contributed by atoms with Crippen LogP contribution in [0.4, 0.5) is 0 Å². The molecule has 0 radical (unpaired) electrons. The van der Waals surface area contributed by atoms with Crippen LogP contribution in [0.1, 0.15) is 59.3 Å². The monoisotopic (exact) mass is 327 g/mol. The summed E-state index contributed by atoms with van der Waals surface area (Å²) in [6.07, 6.45) is 5.76. The van der Waals surface area contributed by atoms with Gasteiger partial charge in [-0.15, -0.1) is 0 Å². The first-order valence-electron chi connectivity index (χ1n) is 8.73. The van der Waals surface area contributed by atoms with E-state index in [-0.39, 0.29) is 17.7 Å². The molecule has 0 atom stereocenters. The van der Waals surface area contributed by atoms with Crippen molar-refractivity contribution in [2.75, 3.05) is 26.7 Å². The lowest BCUT2D eigenvalue weighted by Gasteiger charge is -2.21. The molecule has 2 N–H and O–H groups in total. The maximum atomic E-state index is 11.8. The van der Waals surface area contributed by atoms with Gasteiger partial charge in [0.05, 0.1) is 12.1 Å². The summed E-state index contributed by atoms with van der Waals surface area (Å²) in [4.78, 5) is 16.3. The number of ether oxygens (including phenoxy) is 2. The van der Waals surface area contributed by atoms with Crippen molar-refractivity contribution in [1.29, 1.82) is 0 Å². The van der Waals surface area contributed by atoms with Gasteiger partial charge >= 0.3 is 5.97 Å². The van der Waals surface area contributed by atoms with Crippen molar-refractivity contribution in [1.82, 2.24) is 10.6 Å². The number of carbonyl (C=O) groups excluding carboxylic acids is 1. The minimum absolute atomic E-state index is 0.0823. The third-order valence-corrected chi connectivity index (χ3v) is 3.97. The van der Waals surface area contributed by atoms with Crippen molar-refractivity contribution in [2.24, 2.45) is 4.99 Å². The quantitative estimate of drug-likeness (QED) is 0.294. The summed E-state index contributed by atoms with van der Waals surface area (Å²) in [6, 6.07) is 0. The van der Waals surface area contributed by atoms with Crippen LogP contribution in [0.2, 0.25) is 0 Å². The molecule has 0 aromatic rings. The molecule has 0 amide bonds. The summed E-state index contributed by atoms with van der Waals surface area (Å²) in [7, 11) is 1.69. The number of nitrogens with one attached hydrogen (secondary N) is 2. The van der Waals surface area contributed by atoms with Gasteiger partial charge in [0, 0.05) is 26.6 Å². The molecule has 0 aromatic heterocycles. The van der Waals surface area contributed by atoms with Crippen LogP contribution in [-0.4, -0.2) is 50.4 Å². The molecule has 0 bridgehead atoms. The third kappa shape index (κ3) is 8.79. The maximum Gasteiger partial charge on any atom is 0.306 e. The first-order chi connectivity index (χ1) is 11.0. The Labute approximate surface area is 140 Å². The Morgan fingerprint density at radius 2 is 1.96 bits per heavy atom. The first-order valence-corrected chi connectivity index (χ1v) is 8.73. The fraction of sp³-hybridized carbons (Fsp3) is 0.882. The van der Waals surface area contributed by atoms with Crippen LogP contribution >= 0.6 is 0 Å². The highest BCUT2D eigenvalue weighted by Crippen LogP contribution is 2.21. The average molecular weight is 327 g/mol. The molecule has 23 heavy (non-hydrogen) atoms. The van der Waals surface area contributed by atoms with Gasteiger partial charge in [-0.05, 0) is 52.9 Å². The number of carbonyl (C=O) groups is 1. The number of rotatable bonds is 9. The molecule has 0 aliphatic heterocycles. The number of hydrogen-bond donors (Lipinski definition) is 2. The number of aliphatic imine (C=N–C) groups is 1. The molecule has 1 aliphatic rings.